The molecule has 17 nitrogen and oxygen atoms in total. The fraction of sp³-hybridized carbons (Fsp3) is 0.787. The summed E-state index contributed by atoms with van der Waals surface area (Å²) in [5.41, 5.74) is 0. The SMILES string of the molecule is CC/C=C\C/C=C\C/C=C\C/C=C\CCCCCCCCC(=O)OCC(COP(=O)(O)OCC(O)COP(=O)(O)OCC(COC(=O)CCCCCCC/C=C\CCCC)OC(=O)CCCCCCC/C=C\CCCC)OC(=O)CCCCCCCCCCCCCCC. The van der Waals surface area contributed by atoms with Gasteiger partial charge in [0.2, 0.25) is 0 Å². The first-order valence-electron chi connectivity index (χ1n) is 37.2. The van der Waals surface area contributed by atoms with Gasteiger partial charge in [0.15, 0.2) is 12.2 Å². The van der Waals surface area contributed by atoms with Crippen LogP contribution in [-0.2, 0) is 65.4 Å². The summed E-state index contributed by atoms with van der Waals surface area (Å²) < 4.78 is 68.3. The number of unbranched alkanes of at least 4 members (excludes halogenated alkanes) is 32. The van der Waals surface area contributed by atoms with Gasteiger partial charge in [0.05, 0.1) is 26.4 Å². The third-order valence-electron chi connectivity index (χ3n) is 15.7. The van der Waals surface area contributed by atoms with E-state index in [0.717, 1.165) is 167 Å². The van der Waals surface area contributed by atoms with Crippen molar-refractivity contribution >= 4 is 39.5 Å². The molecule has 0 radical (unpaired) electrons. The molecule has 0 aromatic rings. The zero-order valence-electron chi connectivity index (χ0n) is 59.4. The Bertz CT molecular complexity index is 2070. The number of phosphoric ester groups is 2. The third-order valence-corrected chi connectivity index (χ3v) is 17.6. The Morgan fingerprint density at radius 3 is 0.894 bits per heavy atom. The molecular formula is C75H134O17P2. The molecule has 0 saturated heterocycles. The van der Waals surface area contributed by atoms with Gasteiger partial charge in [-0.2, -0.15) is 0 Å². The summed E-state index contributed by atoms with van der Waals surface area (Å²) in [6, 6.07) is 0. The smallest absolute Gasteiger partial charge is 0.462 e. The summed E-state index contributed by atoms with van der Waals surface area (Å²) in [7, 11) is -9.93. The molecule has 0 aliphatic rings. The van der Waals surface area contributed by atoms with Crippen molar-refractivity contribution in [2.75, 3.05) is 39.6 Å². The first-order valence-corrected chi connectivity index (χ1v) is 40.2. The second kappa shape index (κ2) is 68.0. The molecule has 0 spiro atoms. The monoisotopic (exact) mass is 1370 g/mol. The molecule has 19 heteroatoms. The summed E-state index contributed by atoms with van der Waals surface area (Å²) in [5.74, 6) is -2.19. The predicted octanol–water partition coefficient (Wildman–Crippen LogP) is 20.9. The number of allylic oxidation sites excluding steroid dienone is 12. The van der Waals surface area contributed by atoms with E-state index >= 15 is 0 Å². The summed E-state index contributed by atoms with van der Waals surface area (Å²) in [4.78, 5) is 72.6. The number of aliphatic hydroxyl groups is 1. The minimum Gasteiger partial charge on any atom is -0.462 e. The van der Waals surface area contributed by atoms with E-state index in [-0.39, 0.29) is 25.7 Å². The molecule has 0 aliphatic carbocycles. The van der Waals surface area contributed by atoms with Gasteiger partial charge in [-0.05, 0) is 103 Å². The minimum absolute atomic E-state index is 0.0858. The Morgan fingerprint density at radius 1 is 0.309 bits per heavy atom. The lowest BCUT2D eigenvalue weighted by molar-refractivity contribution is -0.161. The van der Waals surface area contributed by atoms with Crippen molar-refractivity contribution < 1.29 is 80.2 Å². The Morgan fingerprint density at radius 2 is 0.564 bits per heavy atom. The molecular weight excluding hydrogens is 1230 g/mol. The highest BCUT2D eigenvalue weighted by atomic mass is 31.2. The minimum atomic E-state index is -4.97. The normalized spacial score (nSPS) is 14.4. The average molecular weight is 1370 g/mol. The number of rotatable bonds is 70. The van der Waals surface area contributed by atoms with E-state index in [0.29, 0.717) is 25.7 Å². The first kappa shape index (κ1) is 90.5. The topological polar surface area (TPSA) is 237 Å². The van der Waals surface area contributed by atoms with Crippen molar-refractivity contribution in [1.29, 1.82) is 0 Å². The van der Waals surface area contributed by atoms with Crippen LogP contribution in [0.4, 0.5) is 0 Å². The average Bonchev–Trinajstić information content (AvgIpc) is 1.73. The molecule has 5 atom stereocenters. The summed E-state index contributed by atoms with van der Waals surface area (Å²) >= 11 is 0. The molecule has 546 valence electrons. The van der Waals surface area contributed by atoms with E-state index in [1.807, 2.05) is 0 Å². The molecule has 0 amide bonds. The predicted molar refractivity (Wildman–Crippen MR) is 381 cm³/mol. The van der Waals surface area contributed by atoms with Crippen LogP contribution in [0.25, 0.3) is 0 Å². The largest absolute Gasteiger partial charge is 0.472 e. The van der Waals surface area contributed by atoms with Crippen LogP contribution < -0.4 is 0 Å². The van der Waals surface area contributed by atoms with E-state index in [2.05, 4.69) is 101 Å². The Kier molecular flexibility index (Phi) is 65.5. The van der Waals surface area contributed by atoms with Gasteiger partial charge in [0.1, 0.15) is 19.3 Å². The molecule has 0 rings (SSSR count). The Balaban J connectivity index is 5.29. The molecule has 94 heavy (non-hydrogen) atoms. The van der Waals surface area contributed by atoms with Crippen LogP contribution in [0.15, 0.2) is 72.9 Å². The molecule has 0 aromatic carbocycles. The second-order valence-corrected chi connectivity index (χ2v) is 27.8. The van der Waals surface area contributed by atoms with Crippen molar-refractivity contribution in [2.45, 2.75) is 341 Å². The van der Waals surface area contributed by atoms with E-state index in [4.69, 9.17) is 37.0 Å². The van der Waals surface area contributed by atoms with Gasteiger partial charge in [0.25, 0.3) is 0 Å². The molecule has 3 N–H and O–H groups in total. The van der Waals surface area contributed by atoms with E-state index in [1.165, 1.54) is 77.0 Å². The highest BCUT2D eigenvalue weighted by molar-refractivity contribution is 7.47. The van der Waals surface area contributed by atoms with Crippen LogP contribution >= 0.6 is 15.6 Å². The summed E-state index contributed by atoms with van der Waals surface area (Å²) in [6.07, 6.45) is 66.2. The number of aliphatic hydroxyl groups excluding tert-OH is 1. The van der Waals surface area contributed by atoms with Crippen LogP contribution in [0.2, 0.25) is 0 Å². The zero-order chi connectivity index (χ0) is 69.0. The molecule has 0 heterocycles. The maximum Gasteiger partial charge on any atom is 0.472 e. The third kappa shape index (κ3) is 67.1. The van der Waals surface area contributed by atoms with Crippen molar-refractivity contribution in [3.63, 3.8) is 0 Å². The zero-order valence-corrected chi connectivity index (χ0v) is 61.2. The number of hydrogen-bond acceptors (Lipinski definition) is 15. The summed E-state index contributed by atoms with van der Waals surface area (Å²) in [6.45, 7) is 4.67. The number of esters is 4. The van der Waals surface area contributed by atoms with E-state index in [1.54, 1.807) is 0 Å². The second-order valence-electron chi connectivity index (χ2n) is 24.9. The van der Waals surface area contributed by atoms with Crippen molar-refractivity contribution in [3.8, 4) is 0 Å². The maximum absolute atomic E-state index is 13.1. The van der Waals surface area contributed by atoms with Gasteiger partial charge < -0.3 is 33.8 Å². The molecule has 0 fully saturated rings. The highest BCUT2D eigenvalue weighted by Crippen LogP contribution is 2.45. The molecule has 0 saturated carbocycles. The van der Waals surface area contributed by atoms with Gasteiger partial charge in [-0.1, -0.05) is 268 Å². The number of carbonyl (C=O) groups is 4. The first-order chi connectivity index (χ1) is 45.7. The molecule has 0 aliphatic heterocycles. The van der Waals surface area contributed by atoms with Gasteiger partial charge in [-0.15, -0.1) is 0 Å². The van der Waals surface area contributed by atoms with Crippen LogP contribution in [0.3, 0.4) is 0 Å². The van der Waals surface area contributed by atoms with Gasteiger partial charge in [-0.25, -0.2) is 9.13 Å². The molecule has 0 bridgehead atoms. The molecule has 0 aromatic heterocycles. The van der Waals surface area contributed by atoms with Gasteiger partial charge in [0, 0.05) is 25.7 Å². The van der Waals surface area contributed by atoms with Crippen LogP contribution in [-0.4, -0.2) is 96.7 Å². The van der Waals surface area contributed by atoms with Crippen LogP contribution in [0, 0.1) is 0 Å². The van der Waals surface area contributed by atoms with E-state index < -0.39 is 97.5 Å². The standard InChI is InChI=1S/C75H134O17P2/c1-5-9-13-17-21-25-29-31-32-33-34-35-36-38-41-44-48-52-56-60-73(78)86-66-71(92-75(80)62-58-54-50-46-42-37-30-26-22-18-14-10-6-2)68-90-94(83,84)88-64-69(76)63-87-93(81,82)89-67-70(91-74(79)61-57-53-49-45-40-28-24-20-16-12-8-4)65-85-72(77)59-55-51-47-43-39-27-23-19-15-11-7-3/h9,13,19-21,23-25,31-32,34-35,69-71,76H,5-8,10-12,14-18,22,26-30,33,36-68H2,1-4H3,(H,81,82)(H,83,84)/b13-9-,23-19-,24-20-,25-21-,32-31-,35-34-. The van der Waals surface area contributed by atoms with Gasteiger partial charge >= 0.3 is 39.5 Å². The number of carbonyl (C=O) groups excluding carboxylic acids is 4. The van der Waals surface area contributed by atoms with Crippen molar-refractivity contribution in [3.05, 3.63) is 72.9 Å². The fourth-order valence-electron chi connectivity index (χ4n) is 9.94. The van der Waals surface area contributed by atoms with E-state index in [9.17, 15) is 43.2 Å². The lowest BCUT2D eigenvalue weighted by atomic mass is 10.0. The Labute approximate surface area is 571 Å². The maximum atomic E-state index is 13.1. The highest BCUT2D eigenvalue weighted by Gasteiger charge is 2.30. The fourth-order valence-corrected chi connectivity index (χ4v) is 11.5. The summed E-state index contributed by atoms with van der Waals surface area (Å²) in [5, 5.41) is 10.6. The van der Waals surface area contributed by atoms with Crippen molar-refractivity contribution in [2.24, 2.45) is 0 Å². The quantitative estimate of drug-likeness (QED) is 0.0169. The van der Waals surface area contributed by atoms with Gasteiger partial charge in [-0.3, -0.25) is 37.3 Å². The number of phosphoric acid groups is 2. The lowest BCUT2D eigenvalue weighted by Gasteiger charge is -2.21. The lowest BCUT2D eigenvalue weighted by Crippen LogP contribution is -2.30. The Hall–Kier alpha value is -3.50. The molecule has 5 unspecified atom stereocenters. The number of hydrogen-bond donors (Lipinski definition) is 3. The number of ether oxygens (including phenoxy) is 4. The van der Waals surface area contributed by atoms with Crippen LogP contribution in [0.1, 0.15) is 323 Å². The van der Waals surface area contributed by atoms with Crippen LogP contribution in [0.5, 0.6) is 0 Å². The van der Waals surface area contributed by atoms with Crippen molar-refractivity contribution in [1.82, 2.24) is 0 Å².